The standard InChI is InChI=1S/C31H33Cl3F2N4O3/c32-20-4-7-22(8-5-20)40-26(3-1-2-16-41)24(18-27(40)23-9-6-21(33)17-25(23)34)28(42)38-13-10-30(11-14-38,29(37)43)39-15-12-31(35,36)19-39/h4-9,17-18,41H,1-3,10-16,19H2,(H2,37,43). The van der Waals surface area contributed by atoms with Gasteiger partial charge in [-0.1, -0.05) is 34.8 Å². The zero-order valence-corrected chi connectivity index (χ0v) is 25.7. The van der Waals surface area contributed by atoms with Gasteiger partial charge in [-0.3, -0.25) is 14.5 Å². The van der Waals surface area contributed by atoms with Gasteiger partial charge in [0.15, 0.2) is 0 Å². The molecular weight excluding hydrogens is 621 g/mol. The maximum Gasteiger partial charge on any atom is 0.261 e. The van der Waals surface area contributed by atoms with E-state index in [2.05, 4.69) is 0 Å². The Morgan fingerprint density at radius 2 is 1.58 bits per heavy atom. The van der Waals surface area contributed by atoms with Crippen molar-refractivity contribution < 1.29 is 23.5 Å². The summed E-state index contributed by atoms with van der Waals surface area (Å²) in [5, 5.41) is 10.9. The number of likely N-dealkylation sites (tertiary alicyclic amines) is 2. The van der Waals surface area contributed by atoms with Gasteiger partial charge in [-0.15, -0.1) is 0 Å². The molecule has 2 fully saturated rings. The van der Waals surface area contributed by atoms with Crippen LogP contribution in [0.2, 0.25) is 15.1 Å². The summed E-state index contributed by atoms with van der Waals surface area (Å²) in [5.74, 6) is -3.76. The highest BCUT2D eigenvalue weighted by molar-refractivity contribution is 6.36. The van der Waals surface area contributed by atoms with Crippen LogP contribution in [0.3, 0.4) is 0 Å². The highest BCUT2D eigenvalue weighted by atomic mass is 35.5. The Morgan fingerprint density at radius 3 is 2.16 bits per heavy atom. The number of piperidine rings is 1. The van der Waals surface area contributed by atoms with Gasteiger partial charge in [-0.2, -0.15) is 0 Å². The predicted octanol–water partition coefficient (Wildman–Crippen LogP) is 6.22. The van der Waals surface area contributed by atoms with Crippen LogP contribution in [0.25, 0.3) is 16.9 Å². The van der Waals surface area contributed by atoms with E-state index in [0.29, 0.717) is 51.2 Å². The van der Waals surface area contributed by atoms with Crippen LogP contribution in [0.5, 0.6) is 0 Å². The van der Waals surface area contributed by atoms with E-state index in [9.17, 15) is 23.5 Å². The minimum Gasteiger partial charge on any atom is -0.396 e. The minimum absolute atomic E-state index is 0.0116. The lowest BCUT2D eigenvalue weighted by molar-refractivity contribution is -0.133. The van der Waals surface area contributed by atoms with Gasteiger partial charge >= 0.3 is 0 Å². The van der Waals surface area contributed by atoms with Crippen LogP contribution in [0, 0.1) is 0 Å². The summed E-state index contributed by atoms with van der Waals surface area (Å²) in [6.07, 6.45) is 1.65. The Kier molecular flexibility index (Phi) is 9.40. The van der Waals surface area contributed by atoms with Crippen molar-refractivity contribution in [2.24, 2.45) is 5.73 Å². The number of carbonyl (C=O) groups excluding carboxylic acids is 2. The Hall–Kier alpha value is -2.69. The van der Waals surface area contributed by atoms with Crippen molar-refractivity contribution in [2.75, 3.05) is 32.8 Å². The Bertz CT molecular complexity index is 1500. The van der Waals surface area contributed by atoms with Gasteiger partial charge in [-0.05, 0) is 80.6 Å². The molecule has 2 saturated heterocycles. The fourth-order valence-electron chi connectivity index (χ4n) is 6.24. The number of hydrogen-bond acceptors (Lipinski definition) is 4. The number of primary amides is 1. The fraction of sp³-hybridized carbons (Fsp3) is 0.419. The number of hydrogen-bond donors (Lipinski definition) is 2. The largest absolute Gasteiger partial charge is 0.396 e. The molecule has 0 radical (unpaired) electrons. The zero-order chi connectivity index (χ0) is 30.9. The molecule has 0 aliphatic carbocycles. The molecule has 0 unspecified atom stereocenters. The van der Waals surface area contributed by atoms with E-state index in [4.69, 9.17) is 40.5 Å². The number of nitrogens with zero attached hydrogens (tertiary/aromatic N) is 3. The first-order valence-corrected chi connectivity index (χ1v) is 15.4. The van der Waals surface area contributed by atoms with E-state index < -0.39 is 23.9 Å². The van der Waals surface area contributed by atoms with Crippen LogP contribution in [-0.2, 0) is 11.2 Å². The van der Waals surface area contributed by atoms with E-state index in [-0.39, 0.29) is 51.4 Å². The number of aliphatic hydroxyl groups is 1. The number of unbranched alkanes of at least 4 members (excludes halogenated alkanes) is 1. The summed E-state index contributed by atoms with van der Waals surface area (Å²) in [6, 6.07) is 14.2. The Labute approximate surface area is 264 Å². The van der Waals surface area contributed by atoms with E-state index in [0.717, 1.165) is 11.4 Å². The van der Waals surface area contributed by atoms with E-state index in [1.807, 2.05) is 16.7 Å². The molecule has 2 amide bonds. The second kappa shape index (κ2) is 12.7. The molecule has 12 heteroatoms. The topological polar surface area (TPSA) is 91.8 Å². The molecule has 5 rings (SSSR count). The number of aromatic nitrogens is 1. The number of amides is 2. The monoisotopic (exact) mass is 652 g/mol. The Balaban J connectivity index is 1.54. The molecule has 2 aromatic carbocycles. The van der Waals surface area contributed by atoms with E-state index in [1.54, 1.807) is 41.3 Å². The van der Waals surface area contributed by atoms with Crippen LogP contribution >= 0.6 is 34.8 Å². The van der Waals surface area contributed by atoms with Crippen LogP contribution in [0.15, 0.2) is 48.5 Å². The summed E-state index contributed by atoms with van der Waals surface area (Å²) in [5.41, 5.74) is 7.87. The van der Waals surface area contributed by atoms with Crippen molar-refractivity contribution >= 4 is 46.6 Å². The minimum atomic E-state index is -2.87. The van der Waals surface area contributed by atoms with Crippen LogP contribution in [-0.4, -0.2) is 75.5 Å². The van der Waals surface area contributed by atoms with E-state index in [1.165, 1.54) is 4.90 Å². The molecule has 0 atom stereocenters. The Morgan fingerprint density at radius 1 is 0.907 bits per heavy atom. The maximum absolute atomic E-state index is 14.2. The SMILES string of the molecule is NC(=O)C1(N2CCC(F)(F)C2)CCN(C(=O)c2cc(-c3ccc(Cl)cc3Cl)n(-c3ccc(Cl)cc3)c2CCCCO)CC1. The number of nitrogens with two attached hydrogens (primary N) is 1. The molecule has 3 N–H and O–H groups in total. The van der Waals surface area contributed by atoms with Gasteiger partial charge in [0.1, 0.15) is 5.54 Å². The van der Waals surface area contributed by atoms with Gasteiger partial charge in [-0.25, -0.2) is 8.78 Å². The lowest BCUT2D eigenvalue weighted by Crippen LogP contribution is -2.62. The lowest BCUT2D eigenvalue weighted by Gasteiger charge is -2.45. The first-order valence-electron chi connectivity index (χ1n) is 14.2. The first-order chi connectivity index (χ1) is 20.5. The normalized spacial score (nSPS) is 18.2. The van der Waals surface area contributed by atoms with Crippen molar-refractivity contribution in [3.63, 3.8) is 0 Å². The third-order valence-electron chi connectivity index (χ3n) is 8.56. The molecule has 0 spiro atoms. The van der Waals surface area contributed by atoms with Crippen molar-refractivity contribution in [2.45, 2.75) is 50.0 Å². The second-order valence-electron chi connectivity index (χ2n) is 11.2. The summed E-state index contributed by atoms with van der Waals surface area (Å²) < 4.78 is 30.1. The molecule has 7 nitrogen and oxygen atoms in total. The molecule has 43 heavy (non-hydrogen) atoms. The average molecular weight is 654 g/mol. The average Bonchev–Trinajstić information content (AvgIpc) is 3.53. The summed E-state index contributed by atoms with van der Waals surface area (Å²) in [4.78, 5) is 30.0. The van der Waals surface area contributed by atoms with Gasteiger partial charge in [0.25, 0.3) is 11.8 Å². The molecule has 230 valence electrons. The smallest absolute Gasteiger partial charge is 0.261 e. The van der Waals surface area contributed by atoms with Crippen molar-refractivity contribution in [1.82, 2.24) is 14.4 Å². The van der Waals surface area contributed by atoms with Crippen molar-refractivity contribution in [1.29, 1.82) is 0 Å². The first kappa shape index (κ1) is 31.7. The van der Waals surface area contributed by atoms with Crippen molar-refractivity contribution in [3.8, 4) is 16.9 Å². The fourth-order valence-corrected chi connectivity index (χ4v) is 6.87. The van der Waals surface area contributed by atoms with Gasteiger partial charge in [0.2, 0.25) is 5.91 Å². The number of alkyl halides is 2. The predicted molar refractivity (Wildman–Crippen MR) is 164 cm³/mol. The summed E-state index contributed by atoms with van der Waals surface area (Å²) in [6.45, 7) is -0.0636. The van der Waals surface area contributed by atoms with Crippen LogP contribution < -0.4 is 5.73 Å². The second-order valence-corrected chi connectivity index (χ2v) is 12.5. The number of halogens is 5. The summed E-state index contributed by atoms with van der Waals surface area (Å²) in [7, 11) is 0. The molecule has 3 aromatic rings. The maximum atomic E-state index is 14.2. The molecular formula is C31H33Cl3F2N4O3. The van der Waals surface area contributed by atoms with Gasteiger partial charge < -0.3 is 20.3 Å². The molecule has 1 aromatic heterocycles. The quantitative estimate of drug-likeness (QED) is 0.268. The highest BCUT2D eigenvalue weighted by Crippen LogP contribution is 2.40. The van der Waals surface area contributed by atoms with Gasteiger partial charge in [0, 0.05) is 59.7 Å². The zero-order valence-electron chi connectivity index (χ0n) is 23.5. The number of rotatable bonds is 9. The molecule has 2 aliphatic rings. The summed E-state index contributed by atoms with van der Waals surface area (Å²) >= 11 is 19.0. The molecule has 0 bridgehead atoms. The van der Waals surface area contributed by atoms with E-state index >= 15 is 0 Å². The third-order valence-corrected chi connectivity index (χ3v) is 9.36. The van der Waals surface area contributed by atoms with Gasteiger partial charge in [0.05, 0.1) is 22.8 Å². The van der Waals surface area contributed by atoms with Crippen molar-refractivity contribution in [3.05, 3.63) is 74.9 Å². The number of benzene rings is 2. The third kappa shape index (κ3) is 6.42. The molecule has 3 heterocycles. The van der Waals surface area contributed by atoms with Crippen LogP contribution in [0.1, 0.15) is 48.2 Å². The number of carbonyl (C=O) groups is 2. The van der Waals surface area contributed by atoms with Crippen LogP contribution in [0.4, 0.5) is 8.78 Å². The lowest BCUT2D eigenvalue weighted by atomic mass is 9.84. The number of aliphatic hydroxyl groups excluding tert-OH is 1. The molecule has 2 aliphatic heterocycles. The molecule has 0 saturated carbocycles. The highest BCUT2D eigenvalue weighted by Gasteiger charge is 2.52.